The highest BCUT2D eigenvalue weighted by Gasteiger charge is 2.08. The van der Waals surface area contributed by atoms with Crippen LogP contribution in [0.3, 0.4) is 0 Å². The molecule has 0 atom stereocenters. The Morgan fingerprint density at radius 3 is 2.58 bits per heavy atom. The SMILES string of the molecule is CCc1ccc(C(=O)Nc2cccc(-c3cccc4[nH]ccc34)c2)cc1. The summed E-state index contributed by atoms with van der Waals surface area (Å²) in [6.45, 7) is 2.10. The molecule has 3 nitrogen and oxygen atoms in total. The number of fused-ring (bicyclic) bond motifs is 1. The third-order valence-electron chi connectivity index (χ3n) is 4.65. The fraction of sp³-hybridized carbons (Fsp3) is 0.0870. The van der Waals surface area contributed by atoms with Gasteiger partial charge in [-0.15, -0.1) is 0 Å². The van der Waals surface area contributed by atoms with Crippen molar-refractivity contribution in [1.82, 2.24) is 4.98 Å². The van der Waals surface area contributed by atoms with E-state index in [4.69, 9.17) is 0 Å². The number of aromatic nitrogens is 1. The van der Waals surface area contributed by atoms with Crippen molar-refractivity contribution < 1.29 is 4.79 Å². The largest absolute Gasteiger partial charge is 0.361 e. The molecule has 0 bridgehead atoms. The topological polar surface area (TPSA) is 44.9 Å². The summed E-state index contributed by atoms with van der Waals surface area (Å²) in [5, 5.41) is 4.17. The zero-order valence-electron chi connectivity index (χ0n) is 14.6. The number of rotatable bonds is 4. The molecule has 0 fully saturated rings. The van der Waals surface area contributed by atoms with Gasteiger partial charge in [0, 0.05) is 28.4 Å². The van der Waals surface area contributed by atoms with Gasteiger partial charge in [0.05, 0.1) is 0 Å². The van der Waals surface area contributed by atoms with E-state index in [1.807, 2.05) is 54.7 Å². The molecule has 0 saturated carbocycles. The van der Waals surface area contributed by atoms with Gasteiger partial charge in [-0.2, -0.15) is 0 Å². The van der Waals surface area contributed by atoms with E-state index in [1.165, 1.54) is 10.9 Å². The highest BCUT2D eigenvalue weighted by molar-refractivity contribution is 6.05. The number of aromatic amines is 1. The quantitative estimate of drug-likeness (QED) is 0.495. The monoisotopic (exact) mass is 340 g/mol. The van der Waals surface area contributed by atoms with E-state index in [2.05, 4.69) is 41.5 Å². The van der Waals surface area contributed by atoms with E-state index < -0.39 is 0 Å². The van der Waals surface area contributed by atoms with E-state index in [-0.39, 0.29) is 5.91 Å². The Balaban J connectivity index is 1.61. The second-order valence-electron chi connectivity index (χ2n) is 6.33. The zero-order valence-corrected chi connectivity index (χ0v) is 14.6. The predicted molar refractivity (Wildman–Crippen MR) is 108 cm³/mol. The van der Waals surface area contributed by atoms with Crippen molar-refractivity contribution in [2.45, 2.75) is 13.3 Å². The molecule has 0 aliphatic carbocycles. The Bertz CT molecular complexity index is 1060. The molecule has 3 aromatic carbocycles. The smallest absolute Gasteiger partial charge is 0.255 e. The molecule has 2 N–H and O–H groups in total. The molecule has 0 aliphatic heterocycles. The molecule has 0 radical (unpaired) electrons. The number of hydrogen-bond acceptors (Lipinski definition) is 1. The van der Waals surface area contributed by atoms with Gasteiger partial charge in [0.1, 0.15) is 0 Å². The van der Waals surface area contributed by atoms with E-state index in [1.54, 1.807) is 0 Å². The van der Waals surface area contributed by atoms with E-state index >= 15 is 0 Å². The van der Waals surface area contributed by atoms with E-state index in [0.29, 0.717) is 5.56 Å². The average Bonchev–Trinajstić information content (AvgIpc) is 3.17. The maximum Gasteiger partial charge on any atom is 0.255 e. The molecule has 1 heterocycles. The normalized spacial score (nSPS) is 10.8. The molecule has 1 amide bonds. The minimum Gasteiger partial charge on any atom is -0.361 e. The Morgan fingerprint density at radius 1 is 0.962 bits per heavy atom. The third kappa shape index (κ3) is 3.11. The van der Waals surface area contributed by atoms with Gasteiger partial charge in [0.15, 0.2) is 0 Å². The van der Waals surface area contributed by atoms with Crippen LogP contribution in [0.1, 0.15) is 22.8 Å². The van der Waals surface area contributed by atoms with Crippen LogP contribution >= 0.6 is 0 Å². The first-order chi connectivity index (χ1) is 12.7. The van der Waals surface area contributed by atoms with Gasteiger partial charge in [-0.3, -0.25) is 4.79 Å². The molecule has 26 heavy (non-hydrogen) atoms. The number of hydrogen-bond donors (Lipinski definition) is 2. The second kappa shape index (κ2) is 6.89. The predicted octanol–water partition coefficient (Wildman–Crippen LogP) is 5.65. The molecule has 0 spiro atoms. The average molecular weight is 340 g/mol. The summed E-state index contributed by atoms with van der Waals surface area (Å²) in [6, 6.07) is 24.0. The van der Waals surface area contributed by atoms with E-state index in [9.17, 15) is 4.79 Å². The van der Waals surface area contributed by atoms with Crippen LogP contribution in [0.5, 0.6) is 0 Å². The number of benzene rings is 3. The summed E-state index contributed by atoms with van der Waals surface area (Å²) < 4.78 is 0. The van der Waals surface area contributed by atoms with Crippen LogP contribution < -0.4 is 5.32 Å². The van der Waals surface area contributed by atoms with Crippen molar-refractivity contribution in [1.29, 1.82) is 0 Å². The summed E-state index contributed by atoms with van der Waals surface area (Å²) in [5.41, 5.74) is 6.01. The van der Waals surface area contributed by atoms with Gasteiger partial charge in [-0.1, -0.05) is 43.3 Å². The van der Waals surface area contributed by atoms with Crippen molar-refractivity contribution in [2.75, 3.05) is 5.32 Å². The molecular formula is C23H20N2O. The highest BCUT2D eigenvalue weighted by atomic mass is 16.1. The first-order valence-electron chi connectivity index (χ1n) is 8.81. The van der Waals surface area contributed by atoms with Crippen molar-refractivity contribution in [3.8, 4) is 11.1 Å². The van der Waals surface area contributed by atoms with Crippen molar-refractivity contribution in [3.63, 3.8) is 0 Å². The first kappa shape index (κ1) is 16.2. The number of carbonyl (C=O) groups is 1. The first-order valence-corrected chi connectivity index (χ1v) is 8.81. The van der Waals surface area contributed by atoms with Crippen LogP contribution in [-0.2, 0) is 6.42 Å². The number of aryl methyl sites for hydroxylation is 1. The fourth-order valence-electron chi connectivity index (χ4n) is 3.20. The van der Waals surface area contributed by atoms with Crippen LogP contribution in [0.15, 0.2) is 79.0 Å². The summed E-state index contributed by atoms with van der Waals surface area (Å²) in [5.74, 6) is -0.0929. The molecule has 128 valence electrons. The lowest BCUT2D eigenvalue weighted by atomic mass is 10.0. The molecule has 4 aromatic rings. The number of carbonyl (C=O) groups excluding carboxylic acids is 1. The molecule has 0 saturated heterocycles. The highest BCUT2D eigenvalue weighted by Crippen LogP contribution is 2.29. The van der Waals surface area contributed by atoms with Crippen molar-refractivity contribution in [3.05, 3.63) is 90.1 Å². The third-order valence-corrected chi connectivity index (χ3v) is 4.65. The van der Waals surface area contributed by atoms with Gasteiger partial charge >= 0.3 is 0 Å². The van der Waals surface area contributed by atoms with Crippen molar-refractivity contribution >= 4 is 22.5 Å². The summed E-state index contributed by atoms with van der Waals surface area (Å²) >= 11 is 0. The molecule has 1 aromatic heterocycles. The molecule has 3 heteroatoms. The lowest BCUT2D eigenvalue weighted by Crippen LogP contribution is -2.11. The van der Waals surface area contributed by atoms with Gasteiger partial charge < -0.3 is 10.3 Å². The van der Waals surface area contributed by atoms with Crippen LogP contribution in [-0.4, -0.2) is 10.9 Å². The van der Waals surface area contributed by atoms with Crippen LogP contribution in [0, 0.1) is 0 Å². The standard InChI is InChI=1S/C23H20N2O/c1-2-16-9-11-17(12-10-16)23(26)25-19-6-3-5-18(15-19)20-7-4-8-22-21(20)13-14-24-22/h3-15,24H,2H2,1H3,(H,25,26). The molecule has 0 unspecified atom stereocenters. The zero-order chi connectivity index (χ0) is 17.9. The molecular weight excluding hydrogens is 320 g/mol. The molecule has 4 rings (SSSR count). The van der Waals surface area contributed by atoms with Crippen LogP contribution in [0.25, 0.3) is 22.0 Å². The lowest BCUT2D eigenvalue weighted by molar-refractivity contribution is 0.102. The Kier molecular flexibility index (Phi) is 4.28. The maximum atomic E-state index is 12.5. The van der Waals surface area contributed by atoms with Crippen LogP contribution in [0.2, 0.25) is 0 Å². The minimum absolute atomic E-state index is 0.0929. The van der Waals surface area contributed by atoms with Gasteiger partial charge in [0.25, 0.3) is 5.91 Å². The van der Waals surface area contributed by atoms with Crippen LogP contribution in [0.4, 0.5) is 5.69 Å². The Labute approximate surface area is 152 Å². The minimum atomic E-state index is -0.0929. The Morgan fingerprint density at radius 2 is 1.77 bits per heavy atom. The summed E-state index contributed by atoms with van der Waals surface area (Å²) in [4.78, 5) is 15.8. The number of H-pyrrole nitrogens is 1. The van der Waals surface area contributed by atoms with E-state index in [0.717, 1.165) is 28.8 Å². The number of anilines is 1. The lowest BCUT2D eigenvalue weighted by Gasteiger charge is -2.09. The maximum absolute atomic E-state index is 12.5. The number of nitrogens with one attached hydrogen (secondary N) is 2. The fourth-order valence-corrected chi connectivity index (χ4v) is 3.20. The van der Waals surface area contributed by atoms with Crippen molar-refractivity contribution in [2.24, 2.45) is 0 Å². The summed E-state index contributed by atoms with van der Waals surface area (Å²) in [6.07, 6.45) is 2.91. The van der Waals surface area contributed by atoms with Gasteiger partial charge in [0.2, 0.25) is 0 Å². The van der Waals surface area contributed by atoms with Gasteiger partial charge in [-0.05, 0) is 59.5 Å². The Hall–Kier alpha value is -3.33. The molecule has 0 aliphatic rings. The number of amides is 1. The summed E-state index contributed by atoms with van der Waals surface area (Å²) in [7, 11) is 0. The van der Waals surface area contributed by atoms with Gasteiger partial charge in [-0.25, -0.2) is 0 Å². The second-order valence-corrected chi connectivity index (χ2v) is 6.33.